The quantitative estimate of drug-likeness (QED) is 0.776. The fraction of sp³-hybridized carbons (Fsp3) is 0.364. The van der Waals surface area contributed by atoms with E-state index in [1.54, 1.807) is 0 Å². The Labute approximate surface area is 145 Å². The largest absolute Gasteiger partial charge is 0.389 e. The number of piperidine rings is 1. The molecule has 0 saturated carbocycles. The van der Waals surface area contributed by atoms with Gasteiger partial charge in [-0.2, -0.15) is 0 Å². The van der Waals surface area contributed by atoms with Crippen molar-refractivity contribution in [2.75, 3.05) is 0 Å². The maximum atomic E-state index is 11.5. The van der Waals surface area contributed by atoms with Gasteiger partial charge >= 0.3 is 0 Å². The minimum absolute atomic E-state index is 0.139. The highest BCUT2D eigenvalue weighted by Gasteiger charge is 2.46. The van der Waals surface area contributed by atoms with Crippen LogP contribution in [0.2, 0.25) is 0 Å². The van der Waals surface area contributed by atoms with E-state index in [1.807, 2.05) is 18.2 Å². The van der Waals surface area contributed by atoms with E-state index in [-0.39, 0.29) is 18.0 Å². The van der Waals surface area contributed by atoms with Crippen LogP contribution in [0.3, 0.4) is 0 Å². The van der Waals surface area contributed by atoms with E-state index in [0.717, 1.165) is 6.42 Å². The molecular weight excluding hydrogens is 294 g/mol. The Bertz CT molecular complexity index is 654. The molecule has 2 aromatic rings. The molecule has 0 radical (unpaired) electrons. The number of nitrogens with one attached hydrogen (secondary N) is 1. The van der Waals surface area contributed by atoms with Crippen LogP contribution in [0.1, 0.15) is 49.4 Å². The van der Waals surface area contributed by atoms with Crippen LogP contribution in [0.4, 0.5) is 0 Å². The first-order valence-corrected chi connectivity index (χ1v) is 8.87. The minimum atomic E-state index is -0.733. The maximum Gasteiger partial charge on any atom is 0.0746 e. The fourth-order valence-corrected chi connectivity index (χ4v) is 4.20. The Balaban J connectivity index is 2.00. The van der Waals surface area contributed by atoms with Crippen LogP contribution in [-0.4, -0.2) is 10.7 Å². The van der Waals surface area contributed by atoms with Crippen LogP contribution in [0, 0.1) is 5.92 Å². The Morgan fingerprint density at radius 1 is 1.08 bits per heavy atom. The third kappa shape index (κ3) is 3.31. The molecule has 1 heterocycles. The standard InChI is InChI=1S/C22H27NO/c1-3-15-22(24)16-20(17-11-7-5-8-12-17)23-21(19(22)4-2)18-13-9-6-10-14-18/h3,5-14,19-21,23-24H,1,4,15-16H2,2H3/t19-,20-,21-,22+/m0/s1. The van der Waals surface area contributed by atoms with Crippen LogP contribution in [0.25, 0.3) is 0 Å². The monoisotopic (exact) mass is 321 g/mol. The molecule has 3 rings (SSSR count). The molecule has 2 nitrogen and oxygen atoms in total. The second-order valence-electron chi connectivity index (χ2n) is 6.83. The molecule has 1 aliphatic heterocycles. The minimum Gasteiger partial charge on any atom is -0.389 e. The SMILES string of the molecule is C=CC[C@@]1(O)C[C@@H](c2ccccc2)N[C@@H](c2ccccc2)[C@@H]1CC. The average Bonchev–Trinajstić information content (AvgIpc) is 2.62. The summed E-state index contributed by atoms with van der Waals surface area (Å²) in [7, 11) is 0. The lowest BCUT2D eigenvalue weighted by Crippen LogP contribution is -2.52. The first kappa shape index (κ1) is 16.9. The number of benzene rings is 2. The molecular formula is C22H27NO. The summed E-state index contributed by atoms with van der Waals surface area (Å²) in [6, 6.07) is 21.2. The van der Waals surface area contributed by atoms with Gasteiger partial charge in [0.1, 0.15) is 0 Å². The summed E-state index contributed by atoms with van der Waals surface area (Å²) >= 11 is 0. The molecule has 1 aliphatic rings. The summed E-state index contributed by atoms with van der Waals surface area (Å²) < 4.78 is 0. The summed E-state index contributed by atoms with van der Waals surface area (Å²) in [6.07, 6.45) is 4.13. The van der Waals surface area contributed by atoms with Crippen molar-refractivity contribution in [3.05, 3.63) is 84.4 Å². The van der Waals surface area contributed by atoms with E-state index in [0.29, 0.717) is 12.8 Å². The first-order chi connectivity index (χ1) is 11.7. The van der Waals surface area contributed by atoms with Gasteiger partial charge in [-0.15, -0.1) is 6.58 Å². The highest BCUT2D eigenvalue weighted by Crippen LogP contribution is 2.46. The van der Waals surface area contributed by atoms with E-state index < -0.39 is 5.60 Å². The topological polar surface area (TPSA) is 32.3 Å². The van der Waals surface area contributed by atoms with Crippen molar-refractivity contribution in [3.63, 3.8) is 0 Å². The third-order valence-electron chi connectivity index (χ3n) is 5.33. The van der Waals surface area contributed by atoms with E-state index in [1.165, 1.54) is 11.1 Å². The molecule has 1 saturated heterocycles. The maximum absolute atomic E-state index is 11.5. The van der Waals surface area contributed by atoms with Crippen molar-refractivity contribution in [1.82, 2.24) is 5.32 Å². The van der Waals surface area contributed by atoms with E-state index >= 15 is 0 Å². The first-order valence-electron chi connectivity index (χ1n) is 8.87. The van der Waals surface area contributed by atoms with Gasteiger partial charge in [0.05, 0.1) is 5.60 Å². The van der Waals surface area contributed by atoms with Gasteiger partial charge < -0.3 is 10.4 Å². The number of rotatable bonds is 5. The van der Waals surface area contributed by atoms with E-state index in [2.05, 4.69) is 67.4 Å². The zero-order valence-electron chi connectivity index (χ0n) is 14.4. The summed E-state index contributed by atoms with van der Waals surface area (Å²) in [5, 5.41) is 15.3. The molecule has 2 heteroatoms. The van der Waals surface area contributed by atoms with Crippen LogP contribution in [0.5, 0.6) is 0 Å². The van der Waals surface area contributed by atoms with Crippen LogP contribution >= 0.6 is 0 Å². The van der Waals surface area contributed by atoms with Gasteiger partial charge in [-0.3, -0.25) is 0 Å². The second-order valence-corrected chi connectivity index (χ2v) is 6.83. The molecule has 2 N–H and O–H groups in total. The molecule has 2 aromatic carbocycles. The van der Waals surface area contributed by atoms with Crippen LogP contribution < -0.4 is 5.32 Å². The predicted octanol–water partition coefficient (Wildman–Crippen LogP) is 4.80. The van der Waals surface area contributed by atoms with E-state index in [4.69, 9.17) is 0 Å². The van der Waals surface area contributed by atoms with Gasteiger partial charge in [0.15, 0.2) is 0 Å². The van der Waals surface area contributed by atoms with E-state index in [9.17, 15) is 5.11 Å². The number of aliphatic hydroxyl groups is 1. The predicted molar refractivity (Wildman–Crippen MR) is 99.7 cm³/mol. The highest BCUT2D eigenvalue weighted by molar-refractivity contribution is 5.27. The van der Waals surface area contributed by atoms with Crippen LogP contribution in [0.15, 0.2) is 73.3 Å². The average molecular weight is 321 g/mol. The lowest BCUT2D eigenvalue weighted by atomic mass is 9.68. The molecule has 0 amide bonds. The normalized spacial score (nSPS) is 30.0. The Kier molecular flexibility index (Phi) is 5.17. The highest BCUT2D eigenvalue weighted by atomic mass is 16.3. The fourth-order valence-electron chi connectivity index (χ4n) is 4.20. The lowest BCUT2D eigenvalue weighted by Gasteiger charge is -2.48. The van der Waals surface area contributed by atoms with Gasteiger partial charge in [-0.05, 0) is 30.4 Å². The van der Waals surface area contributed by atoms with Crippen LogP contribution in [-0.2, 0) is 0 Å². The summed E-state index contributed by atoms with van der Waals surface area (Å²) in [4.78, 5) is 0. The molecule has 0 spiro atoms. The third-order valence-corrected chi connectivity index (χ3v) is 5.33. The zero-order valence-corrected chi connectivity index (χ0v) is 14.4. The summed E-state index contributed by atoms with van der Waals surface area (Å²) in [5.74, 6) is 0.165. The summed E-state index contributed by atoms with van der Waals surface area (Å²) in [6.45, 7) is 6.05. The zero-order chi connectivity index (χ0) is 17.0. The number of hydrogen-bond acceptors (Lipinski definition) is 2. The molecule has 0 aliphatic carbocycles. The van der Waals surface area contributed by atoms with Gasteiger partial charge in [-0.1, -0.05) is 73.7 Å². The van der Waals surface area contributed by atoms with Gasteiger partial charge in [0, 0.05) is 18.0 Å². The van der Waals surface area contributed by atoms with Gasteiger partial charge in [0.2, 0.25) is 0 Å². The van der Waals surface area contributed by atoms with Crippen molar-refractivity contribution in [1.29, 1.82) is 0 Å². The summed E-state index contributed by atoms with van der Waals surface area (Å²) in [5.41, 5.74) is 1.74. The molecule has 4 atom stereocenters. The van der Waals surface area contributed by atoms with Gasteiger partial charge in [-0.25, -0.2) is 0 Å². The smallest absolute Gasteiger partial charge is 0.0746 e. The lowest BCUT2D eigenvalue weighted by molar-refractivity contribution is -0.0741. The molecule has 0 unspecified atom stereocenters. The molecule has 24 heavy (non-hydrogen) atoms. The van der Waals surface area contributed by atoms with Crippen molar-refractivity contribution in [2.24, 2.45) is 5.92 Å². The second kappa shape index (κ2) is 7.33. The Hall–Kier alpha value is -1.90. The van der Waals surface area contributed by atoms with Crippen molar-refractivity contribution in [2.45, 2.75) is 43.9 Å². The van der Waals surface area contributed by atoms with Crippen molar-refractivity contribution < 1.29 is 5.11 Å². The Morgan fingerprint density at radius 3 is 2.21 bits per heavy atom. The molecule has 1 fully saturated rings. The van der Waals surface area contributed by atoms with Gasteiger partial charge in [0.25, 0.3) is 0 Å². The molecule has 126 valence electrons. The molecule has 0 bridgehead atoms. The molecule has 0 aromatic heterocycles. The Morgan fingerprint density at radius 2 is 1.67 bits per heavy atom. The van der Waals surface area contributed by atoms with Crippen molar-refractivity contribution >= 4 is 0 Å². The van der Waals surface area contributed by atoms with Crippen molar-refractivity contribution in [3.8, 4) is 0 Å². The number of hydrogen-bond donors (Lipinski definition) is 2.